The summed E-state index contributed by atoms with van der Waals surface area (Å²) in [7, 11) is 2.80. The molecule has 0 unspecified atom stereocenters. The summed E-state index contributed by atoms with van der Waals surface area (Å²) in [6.45, 7) is 0. The minimum atomic E-state index is -1.01. The molecule has 0 aromatic heterocycles. The maximum atomic E-state index is 10.9. The number of hydrogen-bond donors (Lipinski definition) is 1. The fourth-order valence-electron chi connectivity index (χ4n) is 1.36. The molecule has 1 aromatic rings. The number of carboxylic acids is 1. The Morgan fingerprint density at radius 1 is 1.33 bits per heavy atom. The largest absolute Gasteiger partial charge is 0.496 e. The summed E-state index contributed by atoms with van der Waals surface area (Å²) >= 11 is 0. The third-order valence-electron chi connectivity index (χ3n) is 2.29. The highest BCUT2D eigenvalue weighted by atomic mass is 16.5. The van der Waals surface area contributed by atoms with E-state index in [-0.39, 0.29) is 18.0 Å². The van der Waals surface area contributed by atoms with Gasteiger partial charge in [-0.2, -0.15) is 0 Å². The SMILES string of the molecule is COC(=O)CC=Cc1cc(C(=O)O)ccc1OC. The lowest BCUT2D eigenvalue weighted by Gasteiger charge is -2.05. The number of esters is 1. The summed E-state index contributed by atoms with van der Waals surface area (Å²) in [5.74, 6) is -0.832. The number of aromatic carboxylic acids is 1. The Bertz CT molecular complexity index is 476. The van der Waals surface area contributed by atoms with Crippen molar-refractivity contribution in [3.8, 4) is 5.75 Å². The van der Waals surface area contributed by atoms with E-state index in [1.165, 1.54) is 26.4 Å². The highest BCUT2D eigenvalue weighted by Gasteiger charge is 2.07. The minimum absolute atomic E-state index is 0.122. The zero-order valence-electron chi connectivity index (χ0n) is 10.2. The topological polar surface area (TPSA) is 72.8 Å². The van der Waals surface area contributed by atoms with Crippen molar-refractivity contribution in [3.05, 3.63) is 35.4 Å². The molecule has 0 aliphatic rings. The molecule has 96 valence electrons. The Morgan fingerprint density at radius 3 is 2.61 bits per heavy atom. The third-order valence-corrected chi connectivity index (χ3v) is 2.29. The van der Waals surface area contributed by atoms with E-state index in [2.05, 4.69) is 4.74 Å². The maximum Gasteiger partial charge on any atom is 0.335 e. The summed E-state index contributed by atoms with van der Waals surface area (Å²) in [6, 6.07) is 4.51. The molecule has 0 atom stereocenters. The van der Waals surface area contributed by atoms with Crippen molar-refractivity contribution >= 4 is 18.0 Å². The van der Waals surface area contributed by atoms with E-state index in [9.17, 15) is 9.59 Å². The Hall–Kier alpha value is -2.30. The second kappa shape index (κ2) is 6.44. The van der Waals surface area contributed by atoms with Crippen molar-refractivity contribution in [3.63, 3.8) is 0 Å². The molecule has 1 N–H and O–H groups in total. The Labute approximate surface area is 105 Å². The number of methoxy groups -OCH3 is 2. The van der Waals surface area contributed by atoms with Crippen LogP contribution in [-0.4, -0.2) is 31.3 Å². The molecule has 1 rings (SSSR count). The molecular weight excluding hydrogens is 236 g/mol. The van der Waals surface area contributed by atoms with Gasteiger partial charge in [-0.1, -0.05) is 12.2 Å². The number of benzene rings is 1. The van der Waals surface area contributed by atoms with E-state index in [1.807, 2.05) is 0 Å². The van der Waals surface area contributed by atoms with E-state index >= 15 is 0 Å². The lowest BCUT2D eigenvalue weighted by atomic mass is 10.1. The predicted molar refractivity (Wildman–Crippen MR) is 65.6 cm³/mol. The van der Waals surface area contributed by atoms with Crippen LogP contribution in [0.4, 0.5) is 0 Å². The van der Waals surface area contributed by atoms with Crippen LogP contribution in [-0.2, 0) is 9.53 Å². The van der Waals surface area contributed by atoms with Crippen LogP contribution in [0.2, 0.25) is 0 Å². The predicted octanol–water partition coefficient (Wildman–Crippen LogP) is 1.97. The summed E-state index contributed by atoms with van der Waals surface area (Å²) in [4.78, 5) is 21.8. The summed E-state index contributed by atoms with van der Waals surface area (Å²) in [5.41, 5.74) is 0.759. The molecule has 5 heteroatoms. The van der Waals surface area contributed by atoms with Crippen molar-refractivity contribution in [2.45, 2.75) is 6.42 Å². The molecule has 0 saturated heterocycles. The first-order valence-corrected chi connectivity index (χ1v) is 5.23. The number of carboxylic acid groups (broad SMARTS) is 1. The van der Waals surface area contributed by atoms with Gasteiger partial charge in [0.2, 0.25) is 0 Å². The van der Waals surface area contributed by atoms with Crippen molar-refractivity contribution < 1.29 is 24.2 Å². The van der Waals surface area contributed by atoms with Crippen LogP contribution in [0.15, 0.2) is 24.3 Å². The van der Waals surface area contributed by atoms with Gasteiger partial charge in [0.05, 0.1) is 26.2 Å². The standard InChI is InChI=1S/C13H14O5/c1-17-11-7-6-10(13(15)16)8-9(11)4-3-5-12(14)18-2/h3-4,6-8H,5H2,1-2H3,(H,15,16). The van der Waals surface area contributed by atoms with Crippen LogP contribution in [0.5, 0.6) is 5.75 Å². The number of carbonyl (C=O) groups excluding carboxylic acids is 1. The highest BCUT2D eigenvalue weighted by Crippen LogP contribution is 2.21. The van der Waals surface area contributed by atoms with Gasteiger partial charge in [-0.05, 0) is 18.2 Å². The maximum absolute atomic E-state index is 10.9. The third kappa shape index (κ3) is 3.62. The van der Waals surface area contributed by atoms with Crippen molar-refractivity contribution in [2.24, 2.45) is 0 Å². The van der Waals surface area contributed by atoms with Gasteiger partial charge in [-0.3, -0.25) is 4.79 Å². The molecule has 5 nitrogen and oxygen atoms in total. The number of carbonyl (C=O) groups is 2. The van der Waals surface area contributed by atoms with E-state index in [0.717, 1.165) is 0 Å². The molecular formula is C13H14O5. The first-order valence-electron chi connectivity index (χ1n) is 5.23. The number of hydrogen-bond acceptors (Lipinski definition) is 4. The van der Waals surface area contributed by atoms with E-state index in [4.69, 9.17) is 9.84 Å². The van der Waals surface area contributed by atoms with E-state index in [1.54, 1.807) is 18.2 Å². The minimum Gasteiger partial charge on any atom is -0.496 e. The monoisotopic (exact) mass is 250 g/mol. The zero-order valence-corrected chi connectivity index (χ0v) is 10.2. The summed E-state index contributed by atoms with van der Waals surface area (Å²) in [5, 5.41) is 8.89. The first kappa shape index (κ1) is 13.8. The van der Waals surface area contributed by atoms with Crippen LogP contribution in [0.3, 0.4) is 0 Å². The van der Waals surface area contributed by atoms with Gasteiger partial charge in [0.1, 0.15) is 5.75 Å². The van der Waals surface area contributed by atoms with Gasteiger partial charge >= 0.3 is 11.9 Å². The molecule has 0 saturated carbocycles. The number of rotatable bonds is 5. The highest BCUT2D eigenvalue weighted by molar-refractivity contribution is 5.89. The molecule has 1 aromatic carbocycles. The Morgan fingerprint density at radius 2 is 2.06 bits per heavy atom. The second-order valence-electron chi connectivity index (χ2n) is 3.44. The zero-order chi connectivity index (χ0) is 13.5. The smallest absolute Gasteiger partial charge is 0.335 e. The molecule has 18 heavy (non-hydrogen) atoms. The normalized spacial score (nSPS) is 10.3. The van der Waals surface area contributed by atoms with E-state index in [0.29, 0.717) is 11.3 Å². The van der Waals surface area contributed by atoms with Crippen LogP contribution in [0.1, 0.15) is 22.3 Å². The van der Waals surface area contributed by atoms with Crippen molar-refractivity contribution in [2.75, 3.05) is 14.2 Å². The van der Waals surface area contributed by atoms with Crippen LogP contribution < -0.4 is 4.74 Å². The molecule has 0 radical (unpaired) electrons. The fraction of sp³-hybridized carbons (Fsp3) is 0.231. The van der Waals surface area contributed by atoms with Gasteiger partial charge in [0.25, 0.3) is 0 Å². The van der Waals surface area contributed by atoms with Crippen LogP contribution >= 0.6 is 0 Å². The van der Waals surface area contributed by atoms with Gasteiger partial charge in [0, 0.05) is 5.56 Å². The molecule has 0 heterocycles. The Balaban J connectivity index is 2.94. The Kier molecular flexibility index (Phi) is 4.92. The summed E-state index contributed by atoms with van der Waals surface area (Å²) < 4.78 is 9.59. The molecule has 0 amide bonds. The molecule has 0 fully saturated rings. The van der Waals surface area contributed by atoms with Crippen molar-refractivity contribution in [1.82, 2.24) is 0 Å². The molecule has 0 bridgehead atoms. The van der Waals surface area contributed by atoms with Gasteiger partial charge < -0.3 is 14.6 Å². The molecule has 0 aliphatic carbocycles. The average molecular weight is 250 g/mol. The fourth-order valence-corrected chi connectivity index (χ4v) is 1.36. The van der Waals surface area contributed by atoms with Gasteiger partial charge in [0.15, 0.2) is 0 Å². The average Bonchev–Trinajstić information content (AvgIpc) is 2.38. The first-order chi connectivity index (χ1) is 8.58. The second-order valence-corrected chi connectivity index (χ2v) is 3.44. The lowest BCUT2D eigenvalue weighted by molar-refractivity contribution is -0.139. The summed E-state index contributed by atoms with van der Waals surface area (Å²) in [6.07, 6.45) is 3.34. The molecule has 0 aliphatic heterocycles. The van der Waals surface area contributed by atoms with E-state index < -0.39 is 5.97 Å². The van der Waals surface area contributed by atoms with Crippen LogP contribution in [0.25, 0.3) is 6.08 Å². The van der Waals surface area contributed by atoms with Crippen molar-refractivity contribution in [1.29, 1.82) is 0 Å². The number of ether oxygens (including phenoxy) is 2. The molecule has 0 spiro atoms. The lowest BCUT2D eigenvalue weighted by Crippen LogP contribution is -1.98. The van der Waals surface area contributed by atoms with Gasteiger partial charge in [-0.25, -0.2) is 4.79 Å². The van der Waals surface area contributed by atoms with Gasteiger partial charge in [-0.15, -0.1) is 0 Å². The quantitative estimate of drug-likeness (QED) is 0.809. The van der Waals surface area contributed by atoms with Crippen LogP contribution in [0, 0.1) is 0 Å².